The fraction of sp³-hybridized carbons (Fsp3) is 0.889. The molecule has 0 saturated carbocycles. The predicted octanol–water partition coefficient (Wildman–Crippen LogP) is 1.33. The van der Waals surface area contributed by atoms with Crippen LogP contribution in [-0.2, 0) is 14.5 Å². The first-order valence-corrected chi connectivity index (χ1v) is 6.81. The summed E-state index contributed by atoms with van der Waals surface area (Å²) >= 11 is 0. The molecule has 0 aromatic carbocycles. The lowest BCUT2D eigenvalue weighted by atomic mass is 10.2. The molecule has 1 fully saturated rings. The molecule has 1 unspecified atom stereocenters. The van der Waals surface area contributed by atoms with Crippen molar-refractivity contribution in [3.8, 4) is 0 Å². The van der Waals surface area contributed by atoms with Crippen molar-refractivity contribution < 1.29 is 13.7 Å². The van der Waals surface area contributed by atoms with Crippen LogP contribution < -0.4 is 5.32 Å². The van der Waals surface area contributed by atoms with Crippen LogP contribution in [0.3, 0.4) is 0 Å². The monoisotopic (exact) mass is 234 g/mol. The summed E-state index contributed by atoms with van der Waals surface area (Å²) in [6.07, 6.45) is 0.103. The second-order valence-corrected chi connectivity index (χ2v) is 7.18. The average molecular weight is 234 g/mol. The molecule has 1 aliphatic heterocycles. The molecule has 5 nitrogen and oxygen atoms in total. The Morgan fingerprint density at radius 1 is 1.53 bits per heavy atom. The summed E-state index contributed by atoms with van der Waals surface area (Å²) in [4.78, 5) is 11.3. The molecule has 15 heavy (non-hydrogen) atoms. The molecule has 1 amide bonds. The van der Waals surface area contributed by atoms with Crippen molar-refractivity contribution in [2.75, 3.05) is 11.5 Å². The van der Waals surface area contributed by atoms with Crippen molar-refractivity contribution in [2.45, 2.75) is 38.8 Å². The summed E-state index contributed by atoms with van der Waals surface area (Å²) in [5.41, 5.74) is -0.523. The Hall–Kier alpha value is -0.780. The lowest BCUT2D eigenvalue weighted by Gasteiger charge is -2.21. The molecule has 88 valence electrons. The normalized spacial score (nSPS) is 31.3. The van der Waals surface area contributed by atoms with E-state index in [0.717, 1.165) is 0 Å². The second-order valence-electron chi connectivity index (χ2n) is 4.81. The fourth-order valence-corrected chi connectivity index (χ4v) is 3.14. The largest absolute Gasteiger partial charge is 0.444 e. The molecule has 0 aromatic heterocycles. The molecule has 0 aromatic rings. The van der Waals surface area contributed by atoms with Gasteiger partial charge in [-0.3, -0.25) is 4.78 Å². The van der Waals surface area contributed by atoms with Gasteiger partial charge in [0.1, 0.15) is 5.60 Å². The minimum Gasteiger partial charge on any atom is -0.444 e. The molecular weight excluding hydrogens is 216 g/mol. The highest BCUT2D eigenvalue weighted by atomic mass is 32.2. The van der Waals surface area contributed by atoms with E-state index >= 15 is 0 Å². The van der Waals surface area contributed by atoms with Gasteiger partial charge in [0.25, 0.3) is 0 Å². The smallest absolute Gasteiger partial charge is 0.407 e. The molecule has 1 aliphatic rings. The minimum absolute atomic E-state index is 0.176. The van der Waals surface area contributed by atoms with Crippen LogP contribution in [0.2, 0.25) is 0 Å². The Kier molecular flexibility index (Phi) is 3.28. The van der Waals surface area contributed by atoms with E-state index in [2.05, 4.69) is 5.32 Å². The van der Waals surface area contributed by atoms with Crippen LogP contribution in [0.15, 0.2) is 0 Å². The molecule has 1 heterocycles. The first-order chi connectivity index (χ1) is 6.68. The van der Waals surface area contributed by atoms with Gasteiger partial charge in [-0.05, 0) is 27.2 Å². The molecule has 6 heteroatoms. The van der Waals surface area contributed by atoms with Crippen molar-refractivity contribution in [1.29, 1.82) is 4.78 Å². The maximum Gasteiger partial charge on any atom is 0.407 e. The van der Waals surface area contributed by atoms with Crippen molar-refractivity contribution in [1.82, 2.24) is 5.32 Å². The van der Waals surface area contributed by atoms with Crippen molar-refractivity contribution >= 4 is 15.8 Å². The van der Waals surface area contributed by atoms with Crippen LogP contribution in [-0.4, -0.2) is 33.5 Å². The van der Waals surface area contributed by atoms with Crippen LogP contribution >= 0.6 is 0 Å². The van der Waals surface area contributed by atoms with Crippen molar-refractivity contribution in [3.63, 3.8) is 0 Å². The van der Waals surface area contributed by atoms with E-state index in [1.807, 2.05) is 0 Å². The Labute approximate surface area is 90.5 Å². The Morgan fingerprint density at radius 3 is 2.53 bits per heavy atom. The van der Waals surface area contributed by atoms with E-state index in [9.17, 15) is 9.00 Å². The summed E-state index contributed by atoms with van der Waals surface area (Å²) < 4.78 is 23.8. The van der Waals surface area contributed by atoms with Gasteiger partial charge in [0.2, 0.25) is 0 Å². The number of carbonyl (C=O) groups is 1. The molecule has 0 spiro atoms. The van der Waals surface area contributed by atoms with Gasteiger partial charge in [-0.1, -0.05) is 0 Å². The van der Waals surface area contributed by atoms with Crippen molar-refractivity contribution in [3.05, 3.63) is 0 Å². The maximum absolute atomic E-state index is 11.3. The number of ether oxygens (including phenoxy) is 1. The van der Waals surface area contributed by atoms with Gasteiger partial charge in [-0.15, -0.1) is 0 Å². The van der Waals surface area contributed by atoms with Crippen LogP contribution in [0.1, 0.15) is 27.2 Å². The zero-order chi connectivity index (χ0) is 11.7. The van der Waals surface area contributed by atoms with Gasteiger partial charge in [0.15, 0.2) is 0 Å². The number of nitrogens with one attached hydrogen (secondary N) is 2. The fourth-order valence-electron chi connectivity index (χ4n) is 1.41. The molecular formula is C9H18N2O3S. The highest BCUT2D eigenvalue weighted by Gasteiger charge is 2.27. The third kappa shape index (κ3) is 4.51. The summed E-state index contributed by atoms with van der Waals surface area (Å²) in [7, 11) is -2.46. The van der Waals surface area contributed by atoms with E-state index in [1.54, 1.807) is 20.8 Å². The minimum atomic E-state index is -2.46. The maximum atomic E-state index is 11.3. The number of rotatable bonds is 1. The van der Waals surface area contributed by atoms with Crippen LogP contribution in [0.4, 0.5) is 4.79 Å². The van der Waals surface area contributed by atoms with Gasteiger partial charge in [0.05, 0.1) is 5.75 Å². The molecule has 0 bridgehead atoms. The Morgan fingerprint density at radius 2 is 2.13 bits per heavy atom. The zero-order valence-electron chi connectivity index (χ0n) is 9.33. The topological polar surface area (TPSA) is 79.2 Å². The van der Waals surface area contributed by atoms with Gasteiger partial charge in [0, 0.05) is 21.5 Å². The average Bonchev–Trinajstić information content (AvgIpc) is 2.25. The van der Waals surface area contributed by atoms with Crippen LogP contribution in [0.5, 0.6) is 0 Å². The van der Waals surface area contributed by atoms with Gasteiger partial charge in [-0.2, -0.15) is 0 Å². The number of hydrogen-bond acceptors (Lipinski definition) is 4. The van der Waals surface area contributed by atoms with E-state index in [-0.39, 0.29) is 11.8 Å². The first-order valence-electron chi connectivity index (χ1n) is 4.92. The summed E-state index contributed by atoms with van der Waals surface area (Å²) in [6, 6.07) is -0.176. The standard InChI is InChI=1S/C9H18N2O3S/c1-9(2,3)14-8(12)11-7-4-5-15(10,13)6-7/h7,10H,4-6H2,1-3H3,(H,11,12)/t7-,15?/m0/s1. The SMILES string of the molecule is CC(C)(C)OC(=O)N[C@H]1CCS(=N)(=O)C1. The number of hydrogen-bond donors (Lipinski definition) is 2. The molecule has 1 rings (SSSR count). The van der Waals surface area contributed by atoms with Gasteiger partial charge >= 0.3 is 6.09 Å². The van der Waals surface area contributed by atoms with Crippen LogP contribution in [0.25, 0.3) is 0 Å². The zero-order valence-corrected chi connectivity index (χ0v) is 10.1. The van der Waals surface area contributed by atoms with E-state index < -0.39 is 21.4 Å². The van der Waals surface area contributed by atoms with E-state index in [1.165, 1.54) is 0 Å². The number of carbonyl (C=O) groups excluding carboxylic acids is 1. The molecule has 2 atom stereocenters. The lowest BCUT2D eigenvalue weighted by Crippen LogP contribution is -2.39. The third-order valence-electron chi connectivity index (χ3n) is 1.99. The highest BCUT2D eigenvalue weighted by Crippen LogP contribution is 2.13. The van der Waals surface area contributed by atoms with E-state index in [4.69, 9.17) is 9.52 Å². The summed E-state index contributed by atoms with van der Waals surface area (Å²) in [5.74, 6) is 0.611. The Bertz CT molecular complexity index is 343. The van der Waals surface area contributed by atoms with Crippen LogP contribution in [0, 0.1) is 4.78 Å². The number of alkyl carbamates (subject to hydrolysis) is 1. The van der Waals surface area contributed by atoms with Crippen molar-refractivity contribution in [2.24, 2.45) is 0 Å². The summed E-state index contributed by atoms with van der Waals surface area (Å²) in [5, 5.41) is 2.63. The molecule has 0 radical (unpaired) electrons. The predicted molar refractivity (Wildman–Crippen MR) is 58.4 cm³/mol. The van der Waals surface area contributed by atoms with Gasteiger partial charge in [-0.25, -0.2) is 9.00 Å². The van der Waals surface area contributed by atoms with Gasteiger partial charge < -0.3 is 10.1 Å². The molecule has 2 N–H and O–H groups in total. The quantitative estimate of drug-likeness (QED) is 0.718. The Balaban J connectivity index is 2.41. The lowest BCUT2D eigenvalue weighted by molar-refractivity contribution is 0.0510. The first kappa shape index (κ1) is 12.3. The second kappa shape index (κ2) is 4.00. The highest BCUT2D eigenvalue weighted by molar-refractivity contribution is 7.92. The number of amides is 1. The third-order valence-corrected chi connectivity index (χ3v) is 3.82. The van der Waals surface area contributed by atoms with E-state index in [0.29, 0.717) is 12.2 Å². The molecule has 1 saturated heterocycles. The summed E-state index contributed by atoms with van der Waals surface area (Å²) in [6.45, 7) is 5.36. The molecule has 0 aliphatic carbocycles.